The van der Waals surface area contributed by atoms with Gasteiger partial charge in [0.05, 0.1) is 27.9 Å². The second-order valence-electron chi connectivity index (χ2n) is 8.84. The fourth-order valence-corrected chi connectivity index (χ4v) is 6.60. The Hall–Kier alpha value is -2.70. The van der Waals surface area contributed by atoms with E-state index in [0.717, 1.165) is 40.1 Å². The predicted molar refractivity (Wildman–Crippen MR) is 143 cm³/mol. The number of oxazole rings is 1. The van der Waals surface area contributed by atoms with Crippen LogP contribution in [0, 0.1) is 6.92 Å². The number of rotatable bonds is 4. The van der Waals surface area contributed by atoms with Crippen LogP contribution in [0.4, 0.5) is 0 Å². The van der Waals surface area contributed by atoms with Crippen LogP contribution < -0.4 is 0 Å². The second-order valence-corrected chi connectivity index (χ2v) is 10.7. The van der Waals surface area contributed by atoms with Crippen LogP contribution in [0.5, 0.6) is 0 Å². The van der Waals surface area contributed by atoms with E-state index in [9.17, 15) is 5.11 Å². The topological polar surface area (TPSA) is 59.2 Å². The zero-order valence-corrected chi connectivity index (χ0v) is 21.4. The highest BCUT2D eigenvalue weighted by molar-refractivity contribution is 7.15. The summed E-state index contributed by atoms with van der Waals surface area (Å²) in [5.74, 6) is 0.394. The minimum Gasteiger partial charge on any atom is -0.434 e. The molecule has 0 saturated heterocycles. The maximum Gasteiger partial charge on any atom is 0.228 e. The lowest BCUT2D eigenvalue weighted by atomic mass is 9.95. The molecule has 7 heteroatoms. The lowest BCUT2D eigenvalue weighted by Gasteiger charge is -2.13. The molecular formula is C28H22Cl2N2O2S. The summed E-state index contributed by atoms with van der Waals surface area (Å²) in [4.78, 5) is 11.0. The van der Waals surface area contributed by atoms with Crippen LogP contribution in [0.3, 0.4) is 0 Å². The smallest absolute Gasteiger partial charge is 0.228 e. The van der Waals surface area contributed by atoms with Crippen molar-refractivity contribution in [1.29, 1.82) is 0 Å². The highest BCUT2D eigenvalue weighted by atomic mass is 35.5. The normalized spacial score (nSPS) is 13.4. The van der Waals surface area contributed by atoms with Crippen molar-refractivity contribution in [3.05, 3.63) is 80.3 Å². The van der Waals surface area contributed by atoms with Crippen LogP contribution in [0.25, 0.3) is 44.3 Å². The summed E-state index contributed by atoms with van der Waals surface area (Å²) in [6.07, 6.45) is 4.68. The second kappa shape index (κ2) is 9.07. The number of aromatic nitrogens is 2. The molecule has 1 aliphatic rings. The summed E-state index contributed by atoms with van der Waals surface area (Å²) >= 11 is 15.1. The highest BCUT2D eigenvalue weighted by Crippen LogP contribution is 2.42. The van der Waals surface area contributed by atoms with E-state index < -0.39 is 0 Å². The molecule has 2 heterocycles. The van der Waals surface area contributed by atoms with Crippen LogP contribution in [-0.2, 0) is 19.4 Å². The Labute approximate surface area is 217 Å². The lowest BCUT2D eigenvalue weighted by molar-refractivity contribution is 0.282. The van der Waals surface area contributed by atoms with Crippen molar-refractivity contribution in [2.45, 2.75) is 39.2 Å². The van der Waals surface area contributed by atoms with Crippen molar-refractivity contribution in [2.24, 2.45) is 0 Å². The zero-order valence-electron chi connectivity index (χ0n) is 19.1. The molecule has 0 spiro atoms. The van der Waals surface area contributed by atoms with Gasteiger partial charge in [-0.25, -0.2) is 9.97 Å². The maximum atomic E-state index is 9.49. The monoisotopic (exact) mass is 520 g/mol. The van der Waals surface area contributed by atoms with E-state index >= 15 is 0 Å². The van der Waals surface area contributed by atoms with E-state index in [1.165, 1.54) is 23.4 Å². The number of hydrogen-bond acceptors (Lipinski definition) is 5. The van der Waals surface area contributed by atoms with Gasteiger partial charge in [-0.15, -0.1) is 11.3 Å². The zero-order chi connectivity index (χ0) is 24.1. The van der Waals surface area contributed by atoms with Gasteiger partial charge >= 0.3 is 0 Å². The Bertz CT molecular complexity index is 1560. The first-order valence-electron chi connectivity index (χ1n) is 11.6. The number of hydrogen-bond donors (Lipinski definition) is 1. The quantitative estimate of drug-likeness (QED) is 0.259. The Morgan fingerprint density at radius 3 is 2.49 bits per heavy atom. The Morgan fingerprint density at radius 1 is 0.943 bits per heavy atom. The average Bonchev–Trinajstić information content (AvgIpc) is 3.49. The third-order valence-electron chi connectivity index (χ3n) is 6.62. The van der Waals surface area contributed by atoms with Crippen molar-refractivity contribution in [2.75, 3.05) is 0 Å². The summed E-state index contributed by atoms with van der Waals surface area (Å²) in [5, 5.41) is 11.5. The molecule has 2 aromatic heterocycles. The lowest BCUT2D eigenvalue weighted by Crippen LogP contribution is -1.99. The summed E-state index contributed by atoms with van der Waals surface area (Å²) in [5.41, 5.74) is 7.96. The van der Waals surface area contributed by atoms with Gasteiger partial charge in [-0.3, -0.25) is 0 Å². The summed E-state index contributed by atoms with van der Waals surface area (Å²) in [6, 6.07) is 15.6. The number of aryl methyl sites for hydroxylation is 2. The number of fused-ring (bicyclic) bond motifs is 2. The summed E-state index contributed by atoms with van der Waals surface area (Å²) < 4.78 is 6.01. The number of aliphatic hydroxyl groups is 1. The Morgan fingerprint density at radius 2 is 1.69 bits per heavy atom. The molecule has 0 atom stereocenters. The third kappa shape index (κ3) is 3.97. The molecule has 6 rings (SSSR count). The van der Waals surface area contributed by atoms with Gasteiger partial charge in [-0.05, 0) is 67.5 Å². The first-order valence-corrected chi connectivity index (χ1v) is 13.2. The first-order chi connectivity index (χ1) is 17.0. The van der Waals surface area contributed by atoms with E-state index in [0.29, 0.717) is 38.2 Å². The van der Waals surface area contributed by atoms with Crippen LogP contribution >= 0.6 is 34.5 Å². The molecule has 0 amide bonds. The van der Waals surface area contributed by atoms with E-state index in [2.05, 4.69) is 30.1 Å². The molecule has 5 aromatic rings. The minimum absolute atomic E-state index is 0.119. The maximum absolute atomic E-state index is 9.49. The third-order valence-corrected chi connectivity index (χ3v) is 8.49. The number of nitrogens with zero attached hydrogens (tertiary/aromatic N) is 2. The molecule has 1 aliphatic carbocycles. The van der Waals surface area contributed by atoms with Crippen molar-refractivity contribution in [3.8, 4) is 33.2 Å². The van der Waals surface area contributed by atoms with Gasteiger partial charge in [0.1, 0.15) is 10.5 Å². The van der Waals surface area contributed by atoms with Crippen LogP contribution in [0.2, 0.25) is 10.0 Å². The fraction of sp³-hybridized carbons (Fsp3) is 0.214. The molecule has 0 fully saturated rings. The van der Waals surface area contributed by atoms with E-state index in [-0.39, 0.29) is 6.61 Å². The van der Waals surface area contributed by atoms with Gasteiger partial charge in [0.15, 0.2) is 5.58 Å². The number of aliphatic hydroxyl groups excluding tert-OH is 1. The van der Waals surface area contributed by atoms with Gasteiger partial charge in [0.2, 0.25) is 5.89 Å². The molecule has 4 nitrogen and oxygen atoms in total. The summed E-state index contributed by atoms with van der Waals surface area (Å²) in [7, 11) is 0. The van der Waals surface area contributed by atoms with Crippen molar-refractivity contribution in [1.82, 2.24) is 9.97 Å². The van der Waals surface area contributed by atoms with E-state index in [1.807, 2.05) is 29.5 Å². The van der Waals surface area contributed by atoms with Gasteiger partial charge in [-0.2, -0.15) is 0 Å². The van der Waals surface area contributed by atoms with Gasteiger partial charge < -0.3 is 9.52 Å². The number of benzene rings is 3. The van der Waals surface area contributed by atoms with E-state index in [1.54, 1.807) is 12.1 Å². The summed E-state index contributed by atoms with van der Waals surface area (Å²) in [6.45, 7) is 2.01. The Balaban J connectivity index is 1.45. The van der Waals surface area contributed by atoms with Crippen LogP contribution in [-0.4, -0.2) is 15.1 Å². The first kappa shape index (κ1) is 22.7. The average molecular weight is 521 g/mol. The molecule has 176 valence electrons. The molecule has 0 unspecified atom stereocenters. The molecule has 0 saturated carbocycles. The molecule has 0 aliphatic heterocycles. The minimum atomic E-state index is -0.119. The molecule has 0 radical (unpaired) electrons. The van der Waals surface area contributed by atoms with Gasteiger partial charge in [0.25, 0.3) is 0 Å². The molecule has 35 heavy (non-hydrogen) atoms. The van der Waals surface area contributed by atoms with Crippen molar-refractivity contribution >= 4 is 45.6 Å². The van der Waals surface area contributed by atoms with Crippen LogP contribution in [0.1, 0.15) is 34.5 Å². The molecule has 3 aromatic carbocycles. The van der Waals surface area contributed by atoms with Gasteiger partial charge in [-0.1, -0.05) is 53.5 Å². The van der Waals surface area contributed by atoms with Crippen LogP contribution in [0.15, 0.2) is 52.9 Å². The predicted octanol–water partition coefficient (Wildman–Crippen LogP) is 8.27. The van der Waals surface area contributed by atoms with Crippen molar-refractivity contribution < 1.29 is 9.52 Å². The number of halogens is 2. The molecular weight excluding hydrogens is 499 g/mol. The fourth-order valence-electron chi connectivity index (χ4n) is 4.78. The van der Waals surface area contributed by atoms with Crippen molar-refractivity contribution in [3.63, 3.8) is 0 Å². The Kier molecular flexibility index (Phi) is 5.89. The largest absolute Gasteiger partial charge is 0.434 e. The molecule has 1 N–H and O–H groups in total. The van der Waals surface area contributed by atoms with E-state index in [4.69, 9.17) is 32.6 Å². The standard InChI is InChI=1S/C28H22Cl2N2O2S/c1-15-17(6-4-7-18(15)28-32-22-10-2-3-11-24(22)35-28)19-8-5-9-20(25(19)30)27-31-23-13-16(14-33)12-21(29)26(23)34-27/h4-9,12-13,33H,2-3,10-11,14H2,1H3. The SMILES string of the molecule is Cc1c(-c2nc3c(s2)CCCC3)cccc1-c1cccc(-c2nc3cc(CO)cc(Cl)c3o2)c1Cl. The molecule has 0 bridgehead atoms. The van der Waals surface area contributed by atoms with Gasteiger partial charge in [0, 0.05) is 16.0 Å². The highest BCUT2D eigenvalue weighted by Gasteiger charge is 2.21. The number of thiazole rings is 1.